The van der Waals surface area contributed by atoms with E-state index in [4.69, 9.17) is 26.4 Å². The van der Waals surface area contributed by atoms with Crippen LogP contribution in [0.3, 0.4) is 0 Å². The first kappa shape index (κ1) is 28.8. The van der Waals surface area contributed by atoms with Gasteiger partial charge in [-0.25, -0.2) is 4.79 Å². The van der Waals surface area contributed by atoms with E-state index in [1.807, 2.05) is 30.3 Å². The third-order valence-electron chi connectivity index (χ3n) is 6.56. The molecule has 212 valence electrons. The van der Waals surface area contributed by atoms with Crippen molar-refractivity contribution < 1.29 is 28.6 Å². The van der Waals surface area contributed by atoms with Gasteiger partial charge < -0.3 is 19.5 Å². The van der Waals surface area contributed by atoms with Crippen LogP contribution in [0.25, 0.3) is 6.08 Å². The minimum atomic E-state index is -0.416. The van der Waals surface area contributed by atoms with Crippen molar-refractivity contribution >= 4 is 74.2 Å². The Morgan fingerprint density at radius 1 is 1.10 bits per heavy atom. The molecule has 0 unspecified atom stereocenters. The molecule has 8 nitrogen and oxygen atoms in total. The molecular formula is C30H28N2O6S3. The van der Waals surface area contributed by atoms with Gasteiger partial charge in [0, 0.05) is 4.88 Å². The third kappa shape index (κ3) is 6.32. The summed E-state index contributed by atoms with van der Waals surface area (Å²) in [7, 11) is 1.50. The summed E-state index contributed by atoms with van der Waals surface area (Å²) in [6, 6.07) is 14.5. The highest BCUT2D eigenvalue weighted by Gasteiger charge is 2.33. The van der Waals surface area contributed by atoms with Gasteiger partial charge in [-0.15, -0.1) is 11.3 Å². The number of carbonyl (C=O) groups is 3. The van der Waals surface area contributed by atoms with E-state index in [0.717, 1.165) is 47.4 Å². The monoisotopic (exact) mass is 608 g/mol. The maximum atomic E-state index is 13.1. The fraction of sp³-hybridized carbons (Fsp3) is 0.267. The second-order valence-corrected chi connectivity index (χ2v) is 12.0. The molecule has 11 heteroatoms. The number of thiophene rings is 1. The lowest BCUT2D eigenvalue weighted by Crippen LogP contribution is -2.27. The zero-order valence-electron chi connectivity index (χ0n) is 22.6. The Bertz CT molecular complexity index is 1530. The zero-order valence-corrected chi connectivity index (χ0v) is 25.0. The Morgan fingerprint density at radius 2 is 1.88 bits per heavy atom. The lowest BCUT2D eigenvalue weighted by Gasteiger charge is -2.14. The summed E-state index contributed by atoms with van der Waals surface area (Å²) in [4.78, 5) is 41.7. The molecule has 2 aliphatic rings. The highest BCUT2D eigenvalue weighted by molar-refractivity contribution is 8.27. The normalized spacial score (nSPS) is 15.6. The number of nitrogens with one attached hydrogen (secondary N) is 1. The summed E-state index contributed by atoms with van der Waals surface area (Å²) in [6.45, 7) is 1.74. The number of benzene rings is 2. The summed E-state index contributed by atoms with van der Waals surface area (Å²) >= 11 is 8.11. The molecule has 1 aliphatic heterocycles. The van der Waals surface area contributed by atoms with Gasteiger partial charge >= 0.3 is 5.97 Å². The number of carbonyl (C=O) groups excluding carboxylic acids is 3. The van der Waals surface area contributed by atoms with Crippen molar-refractivity contribution in [3.05, 3.63) is 75.0 Å². The number of hydrogen-bond acceptors (Lipinski definition) is 9. The maximum Gasteiger partial charge on any atom is 0.341 e. The van der Waals surface area contributed by atoms with Crippen LogP contribution in [0.15, 0.2) is 53.4 Å². The van der Waals surface area contributed by atoms with Crippen molar-refractivity contribution in [2.24, 2.45) is 0 Å². The van der Waals surface area contributed by atoms with Gasteiger partial charge in [-0.1, -0.05) is 48.2 Å². The Balaban J connectivity index is 1.27. The molecule has 1 saturated heterocycles. The van der Waals surface area contributed by atoms with E-state index in [1.54, 1.807) is 31.2 Å². The Kier molecular flexibility index (Phi) is 9.06. The van der Waals surface area contributed by atoms with Crippen molar-refractivity contribution in [3.63, 3.8) is 0 Å². The maximum absolute atomic E-state index is 13.1. The fourth-order valence-corrected chi connectivity index (χ4v) is 7.28. The molecule has 1 fully saturated rings. The highest BCUT2D eigenvalue weighted by atomic mass is 32.2. The predicted molar refractivity (Wildman–Crippen MR) is 166 cm³/mol. The molecule has 3 aromatic rings. The minimum absolute atomic E-state index is 0.195. The van der Waals surface area contributed by atoms with Gasteiger partial charge in [-0.05, 0) is 74.1 Å². The van der Waals surface area contributed by atoms with Gasteiger partial charge in [0.05, 0.1) is 29.9 Å². The fourth-order valence-electron chi connectivity index (χ4n) is 4.69. The van der Waals surface area contributed by atoms with Crippen molar-refractivity contribution in [1.82, 2.24) is 0 Å². The molecular weight excluding hydrogens is 581 g/mol. The number of rotatable bonds is 9. The van der Waals surface area contributed by atoms with E-state index in [2.05, 4.69) is 5.32 Å². The molecule has 1 aliphatic carbocycles. The van der Waals surface area contributed by atoms with Gasteiger partial charge in [0.2, 0.25) is 0 Å². The van der Waals surface area contributed by atoms with Gasteiger partial charge in [0.1, 0.15) is 5.00 Å². The number of methoxy groups -OCH3 is 1. The molecule has 2 heterocycles. The summed E-state index contributed by atoms with van der Waals surface area (Å²) in [5.74, 6) is -0.234. The molecule has 5 rings (SSSR count). The average Bonchev–Trinajstić information content (AvgIpc) is 3.47. The first-order valence-corrected chi connectivity index (χ1v) is 15.2. The molecule has 1 aromatic heterocycles. The van der Waals surface area contributed by atoms with E-state index in [9.17, 15) is 14.4 Å². The van der Waals surface area contributed by atoms with Crippen LogP contribution in [0.4, 0.5) is 10.7 Å². The van der Waals surface area contributed by atoms with Crippen LogP contribution in [-0.4, -0.2) is 42.4 Å². The summed E-state index contributed by atoms with van der Waals surface area (Å²) in [5, 5.41) is 3.35. The van der Waals surface area contributed by atoms with Crippen LogP contribution in [0, 0.1) is 0 Å². The number of hydrogen-bond donors (Lipinski definition) is 1. The molecule has 0 spiro atoms. The van der Waals surface area contributed by atoms with Crippen LogP contribution in [0.1, 0.15) is 46.1 Å². The number of thiocarbonyl (C=S) groups is 1. The SMILES string of the molecule is CCOC(=O)c1c(NC(=O)COc2ccc(/C=C3\SC(=S)N(c4ccccc4)C3=O)cc2OC)sc2c1CCCC2. The first-order chi connectivity index (χ1) is 19.9. The van der Waals surface area contributed by atoms with Gasteiger partial charge in [0.15, 0.2) is 22.4 Å². The Hall–Kier alpha value is -3.67. The van der Waals surface area contributed by atoms with Gasteiger partial charge in [-0.3, -0.25) is 14.5 Å². The number of thioether (sulfide) groups is 1. The molecule has 0 saturated carbocycles. The third-order valence-corrected chi connectivity index (χ3v) is 9.07. The van der Waals surface area contributed by atoms with Crippen LogP contribution < -0.4 is 19.7 Å². The molecule has 41 heavy (non-hydrogen) atoms. The topological polar surface area (TPSA) is 94.2 Å². The number of nitrogens with zero attached hydrogens (tertiary/aromatic N) is 1. The molecule has 0 bridgehead atoms. The zero-order chi connectivity index (χ0) is 28.9. The van der Waals surface area contributed by atoms with Gasteiger partial charge in [0.25, 0.3) is 11.8 Å². The second kappa shape index (κ2) is 12.9. The number of para-hydroxylation sites is 1. The van der Waals surface area contributed by atoms with E-state index in [1.165, 1.54) is 35.1 Å². The smallest absolute Gasteiger partial charge is 0.341 e. The summed E-state index contributed by atoms with van der Waals surface area (Å²) in [6.07, 6.45) is 5.50. The molecule has 2 aromatic carbocycles. The summed E-state index contributed by atoms with van der Waals surface area (Å²) in [5.41, 5.74) is 2.87. The first-order valence-electron chi connectivity index (χ1n) is 13.1. The minimum Gasteiger partial charge on any atom is -0.493 e. The van der Waals surface area contributed by atoms with Crippen LogP contribution in [-0.2, 0) is 27.2 Å². The van der Waals surface area contributed by atoms with E-state index >= 15 is 0 Å². The van der Waals surface area contributed by atoms with Crippen molar-refractivity contribution in [3.8, 4) is 11.5 Å². The lowest BCUT2D eigenvalue weighted by atomic mass is 9.95. The number of anilines is 2. The Labute approximate surface area is 251 Å². The quantitative estimate of drug-likeness (QED) is 0.174. The second-order valence-electron chi connectivity index (χ2n) is 9.24. The van der Waals surface area contributed by atoms with E-state index in [0.29, 0.717) is 31.3 Å². The largest absolute Gasteiger partial charge is 0.493 e. The number of amides is 2. The average molecular weight is 609 g/mol. The Morgan fingerprint density at radius 3 is 2.63 bits per heavy atom. The molecule has 2 amide bonds. The van der Waals surface area contributed by atoms with Crippen molar-refractivity contribution in [2.75, 3.05) is 30.5 Å². The van der Waals surface area contributed by atoms with Crippen molar-refractivity contribution in [2.45, 2.75) is 32.6 Å². The predicted octanol–water partition coefficient (Wildman–Crippen LogP) is 6.24. The highest BCUT2D eigenvalue weighted by Crippen LogP contribution is 2.39. The van der Waals surface area contributed by atoms with E-state index in [-0.39, 0.29) is 19.1 Å². The lowest BCUT2D eigenvalue weighted by molar-refractivity contribution is -0.118. The molecule has 1 N–H and O–H groups in total. The number of ether oxygens (including phenoxy) is 3. The van der Waals surface area contributed by atoms with E-state index < -0.39 is 11.9 Å². The number of aryl methyl sites for hydroxylation is 1. The summed E-state index contributed by atoms with van der Waals surface area (Å²) < 4.78 is 17.0. The molecule has 0 radical (unpaired) electrons. The van der Waals surface area contributed by atoms with Gasteiger partial charge in [-0.2, -0.15) is 0 Å². The van der Waals surface area contributed by atoms with Crippen LogP contribution >= 0.6 is 35.3 Å². The standard InChI is InChI=1S/C30H28N2O6S3/c1-3-37-29(35)26-20-11-7-8-12-23(20)40-27(26)31-25(33)17-38-21-14-13-18(15-22(21)36-2)16-24-28(34)32(30(39)41-24)19-9-5-4-6-10-19/h4-6,9-10,13-16H,3,7-8,11-12,17H2,1-2H3,(H,31,33)/b24-16-. The number of fused-ring (bicyclic) bond motifs is 1. The van der Waals surface area contributed by atoms with Crippen LogP contribution in [0.2, 0.25) is 0 Å². The van der Waals surface area contributed by atoms with Crippen molar-refractivity contribution in [1.29, 1.82) is 0 Å². The molecule has 0 atom stereocenters. The number of esters is 1. The van der Waals surface area contributed by atoms with Crippen LogP contribution in [0.5, 0.6) is 11.5 Å².